The number of rotatable bonds is 5. The molecule has 1 aromatic heterocycles. The lowest BCUT2D eigenvalue weighted by Crippen LogP contribution is -2.33. The number of amides is 1. The van der Waals surface area contributed by atoms with Gasteiger partial charge in [0.1, 0.15) is 5.56 Å². The van der Waals surface area contributed by atoms with E-state index in [4.69, 9.17) is 0 Å². The summed E-state index contributed by atoms with van der Waals surface area (Å²) in [4.78, 5) is 25.8. The lowest BCUT2D eigenvalue weighted by atomic mass is 10.0. The molecule has 18 heavy (non-hydrogen) atoms. The normalized spacial score (nSPS) is 12.5. The van der Waals surface area contributed by atoms with Gasteiger partial charge in [-0.1, -0.05) is 13.8 Å². The van der Waals surface area contributed by atoms with Gasteiger partial charge in [-0.25, -0.2) is 0 Å². The summed E-state index contributed by atoms with van der Waals surface area (Å²) in [6, 6.07) is 1.68. The third-order valence-electron chi connectivity index (χ3n) is 2.89. The molecule has 0 spiro atoms. The maximum absolute atomic E-state index is 11.8. The molecule has 0 aliphatic carbocycles. The molecule has 1 unspecified atom stereocenters. The summed E-state index contributed by atoms with van der Waals surface area (Å²) in [7, 11) is 0. The minimum atomic E-state index is -0.444. The predicted molar refractivity (Wildman–Crippen MR) is 69.6 cm³/mol. The van der Waals surface area contributed by atoms with Crippen LogP contribution in [0.1, 0.15) is 36.2 Å². The fourth-order valence-corrected chi connectivity index (χ4v) is 1.61. The molecule has 1 atom stereocenters. The summed E-state index contributed by atoms with van der Waals surface area (Å²) in [6.07, 6.45) is 1.55. The summed E-state index contributed by atoms with van der Waals surface area (Å²) in [5, 5.41) is 12.2. The standard InChI is InChI=1S/C13H20N2O3/c1-8(2)10(16)5-7-15-13(18)11-9(3)4-6-14-12(11)17/h4,6,8,10,16H,5,7H2,1-3H3,(H,14,17)(H,15,18). The summed E-state index contributed by atoms with van der Waals surface area (Å²) >= 11 is 0. The zero-order valence-electron chi connectivity index (χ0n) is 11.0. The Labute approximate surface area is 106 Å². The molecule has 1 amide bonds. The number of H-pyrrole nitrogens is 1. The van der Waals surface area contributed by atoms with Crippen molar-refractivity contribution in [2.24, 2.45) is 5.92 Å². The third-order valence-corrected chi connectivity index (χ3v) is 2.89. The van der Waals surface area contributed by atoms with Gasteiger partial charge in [-0.15, -0.1) is 0 Å². The highest BCUT2D eigenvalue weighted by Crippen LogP contribution is 2.05. The first-order valence-electron chi connectivity index (χ1n) is 6.08. The molecule has 100 valence electrons. The Hall–Kier alpha value is -1.62. The van der Waals surface area contributed by atoms with Gasteiger partial charge in [0.2, 0.25) is 0 Å². The molecule has 1 heterocycles. The number of nitrogens with one attached hydrogen (secondary N) is 2. The molecular formula is C13H20N2O3. The Balaban J connectivity index is 2.59. The number of aromatic amines is 1. The summed E-state index contributed by atoms with van der Waals surface area (Å²) in [6.45, 7) is 5.90. The van der Waals surface area contributed by atoms with Crippen molar-refractivity contribution in [1.82, 2.24) is 10.3 Å². The van der Waals surface area contributed by atoms with E-state index < -0.39 is 17.6 Å². The highest BCUT2D eigenvalue weighted by molar-refractivity contribution is 5.95. The smallest absolute Gasteiger partial charge is 0.261 e. The maximum atomic E-state index is 11.8. The number of aliphatic hydroxyl groups is 1. The first-order chi connectivity index (χ1) is 8.43. The maximum Gasteiger partial charge on any atom is 0.261 e. The number of aryl methyl sites for hydroxylation is 1. The lowest BCUT2D eigenvalue weighted by Gasteiger charge is -2.14. The van der Waals surface area contributed by atoms with Crippen LogP contribution in [-0.2, 0) is 0 Å². The average molecular weight is 252 g/mol. The number of hydrogen-bond acceptors (Lipinski definition) is 3. The molecule has 3 N–H and O–H groups in total. The van der Waals surface area contributed by atoms with E-state index >= 15 is 0 Å². The van der Waals surface area contributed by atoms with Gasteiger partial charge >= 0.3 is 0 Å². The van der Waals surface area contributed by atoms with Gasteiger partial charge in [-0.05, 0) is 30.9 Å². The molecule has 0 radical (unpaired) electrons. The highest BCUT2D eigenvalue weighted by Gasteiger charge is 2.14. The van der Waals surface area contributed by atoms with Crippen molar-refractivity contribution in [3.8, 4) is 0 Å². The Morgan fingerprint density at radius 2 is 2.17 bits per heavy atom. The molecule has 1 aromatic rings. The van der Waals surface area contributed by atoms with Crippen LogP contribution >= 0.6 is 0 Å². The molecule has 5 nitrogen and oxygen atoms in total. The van der Waals surface area contributed by atoms with E-state index in [1.807, 2.05) is 13.8 Å². The molecule has 5 heteroatoms. The van der Waals surface area contributed by atoms with Crippen molar-refractivity contribution in [1.29, 1.82) is 0 Å². The molecule has 1 rings (SSSR count). The second kappa shape index (κ2) is 6.35. The highest BCUT2D eigenvalue weighted by atomic mass is 16.3. The molecule has 0 aliphatic heterocycles. The summed E-state index contributed by atoms with van der Waals surface area (Å²) in [5.74, 6) is -0.242. The van der Waals surface area contributed by atoms with Crippen molar-refractivity contribution in [2.75, 3.05) is 6.54 Å². The monoisotopic (exact) mass is 252 g/mol. The van der Waals surface area contributed by atoms with Gasteiger partial charge in [0.25, 0.3) is 11.5 Å². The van der Waals surface area contributed by atoms with Crippen LogP contribution in [0.15, 0.2) is 17.1 Å². The fraction of sp³-hybridized carbons (Fsp3) is 0.538. The Kier molecular flexibility index (Phi) is 5.09. The Bertz CT molecular complexity index is 466. The second-order valence-electron chi connectivity index (χ2n) is 4.72. The first kappa shape index (κ1) is 14.4. The van der Waals surface area contributed by atoms with Crippen LogP contribution in [0.5, 0.6) is 0 Å². The van der Waals surface area contributed by atoms with Crippen molar-refractivity contribution >= 4 is 5.91 Å². The van der Waals surface area contributed by atoms with Gasteiger partial charge in [0.05, 0.1) is 6.10 Å². The van der Waals surface area contributed by atoms with E-state index in [1.54, 1.807) is 13.0 Å². The summed E-state index contributed by atoms with van der Waals surface area (Å²) < 4.78 is 0. The zero-order chi connectivity index (χ0) is 13.7. The quantitative estimate of drug-likeness (QED) is 0.725. The number of aliphatic hydroxyl groups excluding tert-OH is 1. The average Bonchev–Trinajstić information content (AvgIpc) is 2.28. The molecular weight excluding hydrogens is 232 g/mol. The minimum absolute atomic E-state index is 0.136. The van der Waals surface area contributed by atoms with Gasteiger partial charge in [0, 0.05) is 12.7 Å². The number of carbonyl (C=O) groups excluding carboxylic acids is 1. The van der Waals surface area contributed by atoms with Crippen molar-refractivity contribution in [3.63, 3.8) is 0 Å². The number of hydrogen-bond donors (Lipinski definition) is 3. The van der Waals surface area contributed by atoms with Crippen LogP contribution in [0.25, 0.3) is 0 Å². The van der Waals surface area contributed by atoms with E-state index in [9.17, 15) is 14.7 Å². The van der Waals surface area contributed by atoms with Gasteiger partial charge in [0.15, 0.2) is 0 Å². The van der Waals surface area contributed by atoms with Crippen LogP contribution in [0.3, 0.4) is 0 Å². The van der Waals surface area contributed by atoms with E-state index in [0.717, 1.165) is 0 Å². The Morgan fingerprint density at radius 1 is 1.50 bits per heavy atom. The number of pyridine rings is 1. The van der Waals surface area contributed by atoms with Gasteiger partial charge < -0.3 is 15.4 Å². The zero-order valence-corrected chi connectivity index (χ0v) is 11.0. The van der Waals surface area contributed by atoms with Crippen LogP contribution in [0.2, 0.25) is 0 Å². The predicted octanol–water partition coefficient (Wildman–Crippen LogP) is 0.820. The molecule has 0 bridgehead atoms. The van der Waals surface area contributed by atoms with E-state index in [0.29, 0.717) is 18.5 Å². The van der Waals surface area contributed by atoms with Crippen LogP contribution < -0.4 is 10.9 Å². The van der Waals surface area contributed by atoms with Gasteiger partial charge in [-0.3, -0.25) is 9.59 Å². The molecule has 0 aliphatic rings. The van der Waals surface area contributed by atoms with Crippen molar-refractivity contribution in [2.45, 2.75) is 33.3 Å². The van der Waals surface area contributed by atoms with Crippen LogP contribution in [-0.4, -0.2) is 28.6 Å². The number of aromatic nitrogens is 1. The fourth-order valence-electron chi connectivity index (χ4n) is 1.61. The van der Waals surface area contributed by atoms with Crippen LogP contribution in [0.4, 0.5) is 0 Å². The number of carbonyl (C=O) groups is 1. The SMILES string of the molecule is Cc1cc[nH]c(=O)c1C(=O)NCCC(O)C(C)C. The minimum Gasteiger partial charge on any atom is -0.393 e. The largest absolute Gasteiger partial charge is 0.393 e. The van der Waals surface area contributed by atoms with Gasteiger partial charge in [-0.2, -0.15) is 0 Å². The second-order valence-corrected chi connectivity index (χ2v) is 4.72. The molecule has 0 fully saturated rings. The lowest BCUT2D eigenvalue weighted by molar-refractivity contribution is 0.0918. The molecule has 0 aromatic carbocycles. The first-order valence-corrected chi connectivity index (χ1v) is 6.08. The van der Waals surface area contributed by atoms with E-state index in [2.05, 4.69) is 10.3 Å². The topological polar surface area (TPSA) is 82.2 Å². The third kappa shape index (κ3) is 3.70. The van der Waals surface area contributed by atoms with Crippen molar-refractivity contribution in [3.05, 3.63) is 33.7 Å². The van der Waals surface area contributed by atoms with Crippen LogP contribution in [0, 0.1) is 12.8 Å². The van der Waals surface area contributed by atoms with E-state index in [-0.39, 0.29) is 11.5 Å². The van der Waals surface area contributed by atoms with Crippen molar-refractivity contribution < 1.29 is 9.90 Å². The Morgan fingerprint density at radius 3 is 2.72 bits per heavy atom. The van der Waals surface area contributed by atoms with E-state index in [1.165, 1.54) is 6.20 Å². The molecule has 0 saturated heterocycles. The summed E-state index contributed by atoms with van der Waals surface area (Å²) in [5.41, 5.74) is 0.383. The molecule has 0 saturated carbocycles.